The first-order valence-electron chi connectivity index (χ1n) is 9.16. The van der Waals surface area contributed by atoms with Gasteiger partial charge in [-0.05, 0) is 88.1 Å². The number of aryl methyl sites for hydroxylation is 1. The van der Waals surface area contributed by atoms with Crippen LogP contribution in [0.2, 0.25) is 5.02 Å². The van der Waals surface area contributed by atoms with Crippen molar-refractivity contribution in [1.82, 2.24) is 0 Å². The van der Waals surface area contributed by atoms with Crippen molar-refractivity contribution in [2.45, 2.75) is 47.1 Å². The Bertz CT molecular complexity index is 907. The lowest BCUT2D eigenvalue weighted by Crippen LogP contribution is -2.45. The summed E-state index contributed by atoms with van der Waals surface area (Å²) in [5, 5.41) is 0.751. The zero-order valence-corrected chi connectivity index (χ0v) is 17.3. The second kappa shape index (κ2) is 6.92. The van der Waals surface area contributed by atoms with Crippen molar-refractivity contribution in [3.63, 3.8) is 0 Å². The Labute approximate surface area is 162 Å². The van der Waals surface area contributed by atoms with Crippen molar-refractivity contribution < 1.29 is 0 Å². The molecule has 3 heteroatoms. The molecule has 1 heterocycles. The van der Waals surface area contributed by atoms with Crippen molar-refractivity contribution in [3.05, 3.63) is 63.7 Å². The standard InChI is InChI=1S/C23H27ClN2/c1-7-26-22-11-15(2)18(12-19(22)16(3)13-23(26,5)6)14-25-21-10-8-9-20(24)17(21)4/h8-14H,7H2,1-6H3. The van der Waals surface area contributed by atoms with Crippen LogP contribution in [-0.4, -0.2) is 18.3 Å². The molecular formula is C23H27ClN2. The lowest BCUT2D eigenvalue weighted by Gasteiger charge is -2.43. The van der Waals surface area contributed by atoms with E-state index >= 15 is 0 Å². The van der Waals surface area contributed by atoms with Crippen molar-refractivity contribution >= 4 is 34.8 Å². The Morgan fingerprint density at radius 3 is 2.58 bits per heavy atom. The number of halogens is 1. The highest BCUT2D eigenvalue weighted by Crippen LogP contribution is 2.40. The van der Waals surface area contributed by atoms with E-state index in [1.54, 1.807) is 0 Å². The Balaban J connectivity index is 2.06. The van der Waals surface area contributed by atoms with Gasteiger partial charge < -0.3 is 4.90 Å². The Kier molecular flexibility index (Phi) is 4.98. The molecule has 1 aliphatic heterocycles. The number of anilines is 1. The first kappa shape index (κ1) is 18.7. The summed E-state index contributed by atoms with van der Waals surface area (Å²) in [6.07, 6.45) is 4.31. The van der Waals surface area contributed by atoms with E-state index in [9.17, 15) is 0 Å². The highest BCUT2D eigenvalue weighted by atomic mass is 35.5. The number of rotatable bonds is 3. The molecule has 2 nitrogen and oxygen atoms in total. The number of hydrogen-bond donors (Lipinski definition) is 0. The largest absolute Gasteiger partial charge is 0.363 e. The third kappa shape index (κ3) is 3.31. The number of likely N-dealkylation sites (N-methyl/N-ethyl adjacent to an activating group) is 1. The summed E-state index contributed by atoms with van der Waals surface area (Å²) in [6, 6.07) is 10.4. The van der Waals surface area contributed by atoms with E-state index in [-0.39, 0.29) is 5.54 Å². The molecule has 136 valence electrons. The van der Waals surface area contributed by atoms with Crippen LogP contribution in [0.15, 0.2) is 41.4 Å². The zero-order valence-electron chi connectivity index (χ0n) is 16.5. The van der Waals surface area contributed by atoms with Gasteiger partial charge in [0, 0.05) is 29.0 Å². The van der Waals surface area contributed by atoms with E-state index in [1.165, 1.54) is 22.4 Å². The van der Waals surface area contributed by atoms with Gasteiger partial charge in [0.25, 0.3) is 0 Å². The molecule has 26 heavy (non-hydrogen) atoms. The molecule has 0 aliphatic carbocycles. The van der Waals surface area contributed by atoms with E-state index in [0.717, 1.165) is 28.4 Å². The molecule has 1 aliphatic rings. The third-order valence-electron chi connectivity index (χ3n) is 5.26. The minimum Gasteiger partial charge on any atom is -0.363 e. The maximum absolute atomic E-state index is 6.21. The molecule has 2 aromatic carbocycles. The SMILES string of the molecule is CCN1c2cc(C)c(C=Nc3cccc(Cl)c3C)cc2C(C)=CC1(C)C. The minimum absolute atomic E-state index is 0.0335. The van der Waals surface area contributed by atoms with Crippen LogP contribution < -0.4 is 4.90 Å². The average molecular weight is 367 g/mol. The summed E-state index contributed by atoms with van der Waals surface area (Å²) in [4.78, 5) is 7.16. The van der Waals surface area contributed by atoms with Crippen LogP contribution in [0.3, 0.4) is 0 Å². The molecule has 0 aromatic heterocycles. The second-order valence-corrected chi connectivity index (χ2v) is 8.00. The summed E-state index contributed by atoms with van der Waals surface area (Å²) >= 11 is 6.21. The highest BCUT2D eigenvalue weighted by molar-refractivity contribution is 6.31. The van der Waals surface area contributed by atoms with E-state index < -0.39 is 0 Å². The first-order chi connectivity index (χ1) is 12.2. The molecule has 0 saturated heterocycles. The van der Waals surface area contributed by atoms with Gasteiger partial charge in [0.05, 0.1) is 11.2 Å². The lowest BCUT2D eigenvalue weighted by molar-refractivity contribution is 0.566. The van der Waals surface area contributed by atoms with Crippen molar-refractivity contribution in [2.24, 2.45) is 4.99 Å². The fourth-order valence-corrected chi connectivity index (χ4v) is 4.01. The molecule has 0 spiro atoms. The number of nitrogens with zero attached hydrogens (tertiary/aromatic N) is 2. The van der Waals surface area contributed by atoms with E-state index in [0.29, 0.717) is 0 Å². The normalized spacial score (nSPS) is 16.0. The van der Waals surface area contributed by atoms with Crippen LogP contribution >= 0.6 is 11.6 Å². The van der Waals surface area contributed by atoms with Gasteiger partial charge in [0.15, 0.2) is 0 Å². The second-order valence-electron chi connectivity index (χ2n) is 7.59. The Morgan fingerprint density at radius 1 is 1.15 bits per heavy atom. The van der Waals surface area contributed by atoms with Gasteiger partial charge in [-0.25, -0.2) is 0 Å². The van der Waals surface area contributed by atoms with Crippen LogP contribution in [0.5, 0.6) is 0 Å². The Hall–Kier alpha value is -2.06. The first-order valence-corrected chi connectivity index (χ1v) is 9.53. The van der Waals surface area contributed by atoms with Gasteiger partial charge in [0.2, 0.25) is 0 Å². The van der Waals surface area contributed by atoms with Gasteiger partial charge in [0.1, 0.15) is 0 Å². The molecular weight excluding hydrogens is 340 g/mol. The topological polar surface area (TPSA) is 15.6 Å². The van der Waals surface area contributed by atoms with Crippen LogP contribution in [-0.2, 0) is 0 Å². The molecule has 0 saturated carbocycles. The van der Waals surface area contributed by atoms with Crippen LogP contribution in [0.4, 0.5) is 11.4 Å². The number of benzene rings is 2. The summed E-state index contributed by atoms with van der Waals surface area (Å²) < 4.78 is 0. The monoisotopic (exact) mass is 366 g/mol. The maximum atomic E-state index is 6.21. The van der Waals surface area contributed by atoms with E-state index in [4.69, 9.17) is 16.6 Å². The Morgan fingerprint density at radius 2 is 1.88 bits per heavy atom. The van der Waals surface area contributed by atoms with Gasteiger partial charge >= 0.3 is 0 Å². The molecule has 0 atom stereocenters. The lowest BCUT2D eigenvalue weighted by atomic mass is 9.87. The van der Waals surface area contributed by atoms with Gasteiger partial charge in [-0.2, -0.15) is 0 Å². The fourth-order valence-electron chi connectivity index (χ4n) is 3.84. The zero-order chi connectivity index (χ0) is 19.1. The smallest absolute Gasteiger partial charge is 0.0673 e. The number of aliphatic imine (C=N–C) groups is 1. The predicted octanol–water partition coefficient (Wildman–Crippen LogP) is 6.73. The van der Waals surface area contributed by atoms with Crippen molar-refractivity contribution in [1.29, 1.82) is 0 Å². The fraction of sp³-hybridized carbons (Fsp3) is 0.348. The number of hydrogen-bond acceptors (Lipinski definition) is 2. The molecule has 2 aromatic rings. The highest BCUT2D eigenvalue weighted by Gasteiger charge is 2.30. The molecule has 0 unspecified atom stereocenters. The van der Waals surface area contributed by atoms with Gasteiger partial charge in [-0.1, -0.05) is 23.7 Å². The average Bonchev–Trinajstić information content (AvgIpc) is 2.56. The van der Waals surface area contributed by atoms with Crippen LogP contribution in [0.25, 0.3) is 5.57 Å². The van der Waals surface area contributed by atoms with Crippen LogP contribution in [0, 0.1) is 13.8 Å². The molecule has 0 amide bonds. The minimum atomic E-state index is 0.0335. The molecule has 3 rings (SSSR count). The number of fused-ring (bicyclic) bond motifs is 1. The maximum Gasteiger partial charge on any atom is 0.0673 e. The third-order valence-corrected chi connectivity index (χ3v) is 5.67. The number of allylic oxidation sites excluding steroid dienone is 1. The van der Waals surface area contributed by atoms with Crippen molar-refractivity contribution in [2.75, 3.05) is 11.4 Å². The van der Waals surface area contributed by atoms with Crippen molar-refractivity contribution in [3.8, 4) is 0 Å². The van der Waals surface area contributed by atoms with E-state index in [2.05, 4.69) is 57.7 Å². The van der Waals surface area contributed by atoms with Gasteiger partial charge in [-0.3, -0.25) is 4.99 Å². The molecule has 0 bridgehead atoms. The quantitative estimate of drug-likeness (QED) is 0.550. The summed E-state index contributed by atoms with van der Waals surface area (Å²) in [7, 11) is 0. The van der Waals surface area contributed by atoms with E-state index in [1.807, 2.05) is 31.3 Å². The molecule has 0 fully saturated rings. The van der Waals surface area contributed by atoms with Gasteiger partial charge in [-0.15, -0.1) is 0 Å². The molecule has 0 radical (unpaired) electrons. The predicted molar refractivity (Wildman–Crippen MR) is 115 cm³/mol. The summed E-state index contributed by atoms with van der Waals surface area (Å²) in [5.41, 5.74) is 8.26. The van der Waals surface area contributed by atoms with Crippen LogP contribution in [0.1, 0.15) is 49.9 Å². The summed E-state index contributed by atoms with van der Waals surface area (Å²) in [5.74, 6) is 0. The molecule has 0 N–H and O–H groups in total. The summed E-state index contributed by atoms with van der Waals surface area (Å²) in [6.45, 7) is 14.1.